The number of nitrogen functional groups attached to an aromatic ring is 1. The van der Waals surface area contributed by atoms with E-state index in [2.05, 4.69) is 11.5 Å². The summed E-state index contributed by atoms with van der Waals surface area (Å²) >= 11 is 5.97. The van der Waals surface area contributed by atoms with E-state index in [9.17, 15) is 0 Å². The first-order valence-corrected chi connectivity index (χ1v) is 7.34. The van der Waals surface area contributed by atoms with Crippen LogP contribution in [0, 0.1) is 0 Å². The lowest BCUT2D eigenvalue weighted by Gasteiger charge is -2.25. The van der Waals surface area contributed by atoms with Gasteiger partial charge in [0.15, 0.2) is 0 Å². The van der Waals surface area contributed by atoms with Crippen molar-refractivity contribution in [1.29, 1.82) is 0 Å². The molecule has 0 spiro atoms. The number of aryl methyl sites for hydroxylation is 1. The van der Waals surface area contributed by atoms with Gasteiger partial charge in [0, 0.05) is 16.3 Å². The van der Waals surface area contributed by atoms with Crippen LogP contribution in [0.5, 0.6) is 5.75 Å². The first-order valence-electron chi connectivity index (χ1n) is 6.96. The Labute approximate surface area is 129 Å². The molecule has 0 bridgehead atoms. The number of anilines is 1. The molecule has 1 aliphatic rings. The van der Waals surface area contributed by atoms with Gasteiger partial charge in [-0.3, -0.25) is 5.84 Å². The first-order chi connectivity index (χ1) is 10.2. The van der Waals surface area contributed by atoms with Gasteiger partial charge in [0.25, 0.3) is 0 Å². The third kappa shape index (κ3) is 2.70. The predicted octanol–water partition coefficient (Wildman–Crippen LogP) is 2.80. The normalized spacial score (nSPS) is 15.1. The number of hydrogen-bond donors (Lipinski definition) is 3. The topological polar surface area (TPSA) is 73.3 Å². The summed E-state index contributed by atoms with van der Waals surface area (Å²) in [4.78, 5) is 0. The van der Waals surface area contributed by atoms with Crippen LogP contribution in [-0.4, -0.2) is 6.61 Å². The van der Waals surface area contributed by atoms with Gasteiger partial charge in [-0.2, -0.15) is 0 Å². The number of hydrogen-bond acceptors (Lipinski definition) is 4. The largest absolute Gasteiger partial charge is 0.493 e. The van der Waals surface area contributed by atoms with Crippen LogP contribution in [0.4, 0.5) is 5.69 Å². The SMILES string of the molecule is NNC(c1ccc(Cl)cc1N)c1cccc2c1OCCC2. The van der Waals surface area contributed by atoms with E-state index in [1.54, 1.807) is 6.07 Å². The van der Waals surface area contributed by atoms with Crippen molar-refractivity contribution < 1.29 is 4.74 Å². The minimum atomic E-state index is -0.227. The summed E-state index contributed by atoms with van der Waals surface area (Å²) in [6, 6.07) is 11.4. The number of rotatable bonds is 3. The summed E-state index contributed by atoms with van der Waals surface area (Å²) in [5, 5.41) is 0.610. The van der Waals surface area contributed by atoms with Gasteiger partial charge in [0.05, 0.1) is 12.6 Å². The third-order valence-corrected chi connectivity index (χ3v) is 4.04. The molecule has 0 saturated heterocycles. The summed E-state index contributed by atoms with van der Waals surface area (Å²) in [6.07, 6.45) is 2.07. The second-order valence-corrected chi connectivity index (χ2v) is 5.60. The lowest BCUT2D eigenvalue weighted by atomic mass is 9.93. The summed E-state index contributed by atoms with van der Waals surface area (Å²) in [5.74, 6) is 6.70. The van der Waals surface area contributed by atoms with Gasteiger partial charge in [-0.1, -0.05) is 35.9 Å². The van der Waals surface area contributed by atoms with Crippen molar-refractivity contribution in [2.45, 2.75) is 18.9 Å². The van der Waals surface area contributed by atoms with Crippen molar-refractivity contribution in [2.24, 2.45) is 5.84 Å². The van der Waals surface area contributed by atoms with Crippen LogP contribution in [-0.2, 0) is 6.42 Å². The van der Waals surface area contributed by atoms with E-state index in [4.69, 9.17) is 27.9 Å². The van der Waals surface area contributed by atoms with E-state index >= 15 is 0 Å². The molecule has 1 heterocycles. The average molecular weight is 304 g/mol. The Bertz CT molecular complexity index is 660. The molecule has 1 atom stereocenters. The number of hydrazine groups is 1. The van der Waals surface area contributed by atoms with Crippen LogP contribution < -0.4 is 21.7 Å². The predicted molar refractivity (Wildman–Crippen MR) is 85.3 cm³/mol. The lowest BCUT2D eigenvalue weighted by Crippen LogP contribution is -2.30. The molecule has 1 aliphatic heterocycles. The molecule has 0 saturated carbocycles. The zero-order chi connectivity index (χ0) is 14.8. The summed E-state index contributed by atoms with van der Waals surface area (Å²) < 4.78 is 5.86. The monoisotopic (exact) mass is 303 g/mol. The quantitative estimate of drug-likeness (QED) is 0.463. The van der Waals surface area contributed by atoms with Crippen LogP contribution in [0.2, 0.25) is 5.02 Å². The van der Waals surface area contributed by atoms with Crippen LogP contribution in [0.1, 0.15) is 29.2 Å². The van der Waals surface area contributed by atoms with Crippen molar-refractivity contribution in [3.63, 3.8) is 0 Å². The fraction of sp³-hybridized carbons (Fsp3) is 0.250. The highest BCUT2D eigenvalue weighted by molar-refractivity contribution is 6.30. The Morgan fingerprint density at radius 1 is 1.19 bits per heavy atom. The maximum atomic E-state index is 6.09. The molecule has 1 unspecified atom stereocenters. The van der Waals surface area contributed by atoms with Crippen LogP contribution >= 0.6 is 11.6 Å². The Kier molecular flexibility index (Phi) is 4.01. The Morgan fingerprint density at radius 2 is 2.05 bits per heavy atom. The number of para-hydroxylation sites is 1. The van der Waals surface area contributed by atoms with Crippen LogP contribution in [0.25, 0.3) is 0 Å². The maximum Gasteiger partial charge on any atom is 0.127 e. The van der Waals surface area contributed by atoms with Gasteiger partial charge in [0.1, 0.15) is 5.75 Å². The van der Waals surface area contributed by atoms with Crippen LogP contribution in [0.3, 0.4) is 0 Å². The van der Waals surface area contributed by atoms with E-state index in [1.165, 1.54) is 5.56 Å². The van der Waals surface area contributed by atoms with Crippen LogP contribution in [0.15, 0.2) is 36.4 Å². The molecule has 5 heteroatoms. The molecule has 3 rings (SSSR count). The molecule has 0 aromatic heterocycles. The smallest absolute Gasteiger partial charge is 0.127 e. The minimum absolute atomic E-state index is 0.227. The second-order valence-electron chi connectivity index (χ2n) is 5.16. The van der Waals surface area contributed by atoms with Crippen molar-refractivity contribution in [1.82, 2.24) is 5.43 Å². The average Bonchev–Trinajstić information content (AvgIpc) is 2.50. The zero-order valence-electron chi connectivity index (χ0n) is 11.6. The van der Waals surface area contributed by atoms with Gasteiger partial charge in [-0.15, -0.1) is 0 Å². The number of nitrogens with two attached hydrogens (primary N) is 2. The highest BCUT2D eigenvalue weighted by atomic mass is 35.5. The molecule has 4 nitrogen and oxygen atoms in total. The molecule has 2 aromatic rings. The lowest BCUT2D eigenvalue weighted by molar-refractivity contribution is 0.283. The summed E-state index contributed by atoms with van der Waals surface area (Å²) in [5.41, 5.74) is 12.7. The number of halogens is 1. The van der Waals surface area contributed by atoms with Gasteiger partial charge >= 0.3 is 0 Å². The Morgan fingerprint density at radius 3 is 2.81 bits per heavy atom. The molecule has 110 valence electrons. The van der Waals surface area contributed by atoms with E-state index in [1.807, 2.05) is 24.3 Å². The van der Waals surface area contributed by atoms with Crippen molar-refractivity contribution in [3.8, 4) is 5.75 Å². The maximum absolute atomic E-state index is 6.09. The molecule has 0 fully saturated rings. The van der Waals surface area contributed by atoms with E-state index in [-0.39, 0.29) is 6.04 Å². The fourth-order valence-electron chi connectivity index (χ4n) is 2.80. The molecule has 5 N–H and O–H groups in total. The van der Waals surface area contributed by atoms with Gasteiger partial charge in [0.2, 0.25) is 0 Å². The van der Waals surface area contributed by atoms with E-state index in [0.29, 0.717) is 10.7 Å². The molecule has 0 aliphatic carbocycles. The van der Waals surface area contributed by atoms with Crippen molar-refractivity contribution in [3.05, 3.63) is 58.1 Å². The molecular weight excluding hydrogens is 286 g/mol. The number of fused-ring (bicyclic) bond motifs is 1. The van der Waals surface area contributed by atoms with E-state index in [0.717, 1.165) is 36.3 Å². The first kappa shape index (κ1) is 14.2. The van der Waals surface area contributed by atoms with Gasteiger partial charge in [-0.05, 0) is 36.1 Å². The number of nitrogens with one attached hydrogen (secondary N) is 1. The number of benzene rings is 2. The van der Waals surface area contributed by atoms with Gasteiger partial charge in [-0.25, -0.2) is 5.43 Å². The van der Waals surface area contributed by atoms with E-state index < -0.39 is 0 Å². The zero-order valence-corrected chi connectivity index (χ0v) is 12.4. The van der Waals surface area contributed by atoms with Crippen molar-refractivity contribution in [2.75, 3.05) is 12.3 Å². The summed E-state index contributed by atoms with van der Waals surface area (Å²) in [7, 11) is 0. The molecule has 0 radical (unpaired) electrons. The molecular formula is C16H18ClN3O. The standard InChI is InChI=1S/C16H18ClN3O/c17-11-6-7-12(14(18)9-11)15(20-19)13-5-1-3-10-4-2-8-21-16(10)13/h1,3,5-7,9,15,20H,2,4,8,18-19H2. The van der Waals surface area contributed by atoms with Crippen molar-refractivity contribution >= 4 is 17.3 Å². The third-order valence-electron chi connectivity index (χ3n) is 3.80. The highest BCUT2D eigenvalue weighted by Gasteiger charge is 2.23. The fourth-order valence-corrected chi connectivity index (χ4v) is 2.98. The minimum Gasteiger partial charge on any atom is -0.493 e. The number of ether oxygens (including phenoxy) is 1. The molecule has 0 amide bonds. The Balaban J connectivity index is 2.08. The van der Waals surface area contributed by atoms with Gasteiger partial charge < -0.3 is 10.5 Å². The summed E-state index contributed by atoms with van der Waals surface area (Å²) in [6.45, 7) is 0.734. The molecule has 2 aromatic carbocycles. The highest BCUT2D eigenvalue weighted by Crippen LogP contribution is 2.37. The molecule has 21 heavy (non-hydrogen) atoms. The second kappa shape index (κ2) is 5.93. The Hall–Kier alpha value is -1.75.